The molecule has 1 fully saturated rings. The van der Waals surface area contributed by atoms with Gasteiger partial charge >= 0.3 is 12.0 Å². The summed E-state index contributed by atoms with van der Waals surface area (Å²) in [6.07, 6.45) is 0. The number of aromatic nitrogens is 2. The zero-order valence-electron chi connectivity index (χ0n) is 20.0. The Kier molecular flexibility index (Phi) is 8.38. The van der Waals surface area contributed by atoms with E-state index in [-0.39, 0.29) is 23.6 Å². The number of methoxy groups -OCH3 is 1. The van der Waals surface area contributed by atoms with Crippen LogP contribution in [0.1, 0.15) is 17.2 Å². The van der Waals surface area contributed by atoms with Gasteiger partial charge in [0.2, 0.25) is 0 Å². The van der Waals surface area contributed by atoms with Gasteiger partial charge in [-0.15, -0.1) is 0 Å². The van der Waals surface area contributed by atoms with E-state index in [1.165, 1.54) is 12.1 Å². The Hall–Kier alpha value is -3.12. The van der Waals surface area contributed by atoms with Gasteiger partial charge in [-0.05, 0) is 29.8 Å². The summed E-state index contributed by atoms with van der Waals surface area (Å²) in [4.78, 5) is 15.2. The first kappa shape index (κ1) is 26.9. The van der Waals surface area contributed by atoms with Crippen molar-refractivity contribution >= 4 is 23.4 Å². The molecule has 37 heavy (non-hydrogen) atoms. The third kappa shape index (κ3) is 6.07. The number of para-hydroxylation sites is 1. The number of benzene rings is 2. The molecule has 0 aliphatic carbocycles. The third-order valence-corrected chi connectivity index (χ3v) is 6.59. The van der Waals surface area contributed by atoms with E-state index in [2.05, 4.69) is 20.6 Å². The standard InChI is InChI=1S/C25H27ClF3N5O3/c1-37-12-11-33-13-19(16-7-9-17(27)10-8-16)20(14-33)30-24(36)31-23-21(26)22(25(28,29)15-35)32-34(23)18-5-3-2-4-6-18/h2-10,19-20,35H,11-15H2,1H3,(H2,30,31,36). The Morgan fingerprint density at radius 1 is 1.19 bits per heavy atom. The number of hydrogen-bond acceptors (Lipinski definition) is 5. The Morgan fingerprint density at radius 2 is 1.89 bits per heavy atom. The van der Waals surface area contributed by atoms with Crippen LogP contribution in [0, 0.1) is 5.82 Å². The molecule has 3 N–H and O–H groups in total. The van der Waals surface area contributed by atoms with Crippen molar-refractivity contribution in [1.29, 1.82) is 0 Å². The number of aliphatic hydroxyl groups is 1. The van der Waals surface area contributed by atoms with Gasteiger partial charge in [0.1, 0.15) is 17.4 Å². The van der Waals surface area contributed by atoms with Crippen molar-refractivity contribution in [3.05, 3.63) is 76.7 Å². The lowest BCUT2D eigenvalue weighted by molar-refractivity contribution is -0.0593. The van der Waals surface area contributed by atoms with E-state index in [9.17, 15) is 18.0 Å². The Bertz CT molecular complexity index is 1210. The van der Waals surface area contributed by atoms with E-state index < -0.39 is 29.3 Å². The van der Waals surface area contributed by atoms with Crippen LogP contribution in [-0.4, -0.2) is 71.8 Å². The number of halogens is 4. The Morgan fingerprint density at radius 3 is 2.54 bits per heavy atom. The van der Waals surface area contributed by atoms with Gasteiger partial charge in [-0.1, -0.05) is 41.9 Å². The van der Waals surface area contributed by atoms with Crippen molar-refractivity contribution in [2.75, 3.05) is 45.3 Å². The second-order valence-electron chi connectivity index (χ2n) is 8.74. The summed E-state index contributed by atoms with van der Waals surface area (Å²) in [5.41, 5.74) is 0.381. The van der Waals surface area contributed by atoms with Crippen molar-refractivity contribution in [3.8, 4) is 5.69 Å². The molecule has 1 aliphatic rings. The number of urea groups is 1. The van der Waals surface area contributed by atoms with Crippen LogP contribution >= 0.6 is 11.6 Å². The zero-order chi connectivity index (χ0) is 26.6. The van der Waals surface area contributed by atoms with Crippen LogP contribution in [0.25, 0.3) is 5.69 Å². The minimum atomic E-state index is -3.72. The number of ether oxygens (including phenoxy) is 1. The lowest BCUT2D eigenvalue weighted by atomic mass is 9.94. The molecule has 0 saturated carbocycles. The molecule has 0 bridgehead atoms. The van der Waals surface area contributed by atoms with Crippen LogP contribution in [0.15, 0.2) is 54.6 Å². The summed E-state index contributed by atoms with van der Waals surface area (Å²) in [7, 11) is 1.60. The second kappa shape index (κ2) is 11.5. The smallest absolute Gasteiger partial charge is 0.320 e. The van der Waals surface area contributed by atoms with Gasteiger partial charge in [0, 0.05) is 32.7 Å². The number of hydrogen-bond donors (Lipinski definition) is 3. The van der Waals surface area contributed by atoms with E-state index in [1.807, 2.05) is 0 Å². The molecule has 4 rings (SSSR count). The van der Waals surface area contributed by atoms with Gasteiger partial charge in [-0.2, -0.15) is 13.9 Å². The molecule has 2 aromatic carbocycles. The Labute approximate surface area is 217 Å². The van der Waals surface area contributed by atoms with Gasteiger partial charge in [0.15, 0.2) is 11.5 Å². The van der Waals surface area contributed by atoms with Crippen molar-refractivity contribution in [1.82, 2.24) is 20.0 Å². The topological polar surface area (TPSA) is 91.7 Å². The average Bonchev–Trinajstić information content (AvgIpc) is 3.44. The normalized spacial score (nSPS) is 18.2. The van der Waals surface area contributed by atoms with Crippen LogP contribution in [0.3, 0.4) is 0 Å². The molecule has 2 atom stereocenters. The highest BCUT2D eigenvalue weighted by Gasteiger charge is 2.39. The summed E-state index contributed by atoms with van der Waals surface area (Å²) in [6, 6.07) is 13.4. The molecule has 1 saturated heterocycles. The molecule has 1 aliphatic heterocycles. The lowest BCUT2D eigenvalue weighted by Crippen LogP contribution is -2.42. The fourth-order valence-electron chi connectivity index (χ4n) is 4.37. The number of anilines is 1. The molecule has 1 aromatic heterocycles. The first-order valence-corrected chi connectivity index (χ1v) is 12.0. The molecule has 2 amide bonds. The van der Waals surface area contributed by atoms with Gasteiger partial charge in [-0.25, -0.2) is 13.9 Å². The first-order valence-electron chi connectivity index (χ1n) is 11.6. The number of rotatable bonds is 9. The zero-order valence-corrected chi connectivity index (χ0v) is 20.8. The SMILES string of the molecule is COCCN1CC(NC(=O)Nc2c(Cl)c(C(F)(F)CO)nn2-c2ccccc2)C(c2ccc(F)cc2)C1. The second-order valence-corrected chi connectivity index (χ2v) is 9.11. The molecule has 0 spiro atoms. The molecule has 8 nitrogen and oxygen atoms in total. The van der Waals surface area contributed by atoms with E-state index in [0.717, 1.165) is 10.2 Å². The fourth-order valence-corrected chi connectivity index (χ4v) is 4.67. The number of carbonyl (C=O) groups excluding carboxylic acids is 1. The van der Waals surface area contributed by atoms with E-state index in [4.69, 9.17) is 21.4 Å². The minimum absolute atomic E-state index is 0.146. The van der Waals surface area contributed by atoms with Crippen LogP contribution in [0.5, 0.6) is 0 Å². The van der Waals surface area contributed by atoms with E-state index in [0.29, 0.717) is 31.9 Å². The van der Waals surface area contributed by atoms with Crippen LogP contribution in [-0.2, 0) is 10.7 Å². The summed E-state index contributed by atoms with van der Waals surface area (Å²) in [6.45, 7) is 0.750. The number of nitrogens with zero attached hydrogens (tertiary/aromatic N) is 3. The predicted octanol–water partition coefficient (Wildman–Crippen LogP) is 3.98. The molecule has 198 valence electrons. The summed E-state index contributed by atoms with van der Waals surface area (Å²) >= 11 is 6.25. The Balaban J connectivity index is 1.59. The molecule has 0 radical (unpaired) electrons. The highest BCUT2D eigenvalue weighted by Crippen LogP contribution is 2.38. The van der Waals surface area contributed by atoms with Crippen molar-refractivity contribution in [2.45, 2.75) is 17.9 Å². The lowest BCUT2D eigenvalue weighted by Gasteiger charge is -2.21. The van der Waals surface area contributed by atoms with Crippen molar-refractivity contribution in [2.24, 2.45) is 0 Å². The molecular formula is C25H27ClF3N5O3. The molecular weight excluding hydrogens is 511 g/mol. The summed E-state index contributed by atoms with van der Waals surface area (Å²) in [5.74, 6) is -4.39. The highest BCUT2D eigenvalue weighted by molar-refractivity contribution is 6.34. The quantitative estimate of drug-likeness (QED) is 0.384. The number of carbonyl (C=O) groups is 1. The molecule has 12 heteroatoms. The number of aliphatic hydroxyl groups excluding tert-OH is 1. The summed E-state index contributed by atoms with van der Waals surface area (Å²) in [5, 5.41) is 18.0. The summed E-state index contributed by atoms with van der Waals surface area (Å²) < 4.78 is 48.5. The predicted molar refractivity (Wildman–Crippen MR) is 133 cm³/mol. The number of amides is 2. The molecule has 3 aromatic rings. The van der Waals surface area contributed by atoms with Crippen LogP contribution in [0.2, 0.25) is 5.02 Å². The number of alkyl halides is 2. The van der Waals surface area contributed by atoms with Crippen LogP contribution in [0.4, 0.5) is 23.8 Å². The van der Waals surface area contributed by atoms with E-state index >= 15 is 0 Å². The number of nitrogens with one attached hydrogen (secondary N) is 2. The maximum absolute atomic E-state index is 14.4. The van der Waals surface area contributed by atoms with Crippen LogP contribution < -0.4 is 10.6 Å². The maximum Gasteiger partial charge on any atom is 0.320 e. The van der Waals surface area contributed by atoms with Gasteiger partial charge < -0.3 is 15.2 Å². The fraction of sp³-hybridized carbons (Fsp3) is 0.360. The van der Waals surface area contributed by atoms with Crippen molar-refractivity contribution < 1.29 is 27.8 Å². The van der Waals surface area contributed by atoms with Gasteiger partial charge in [0.05, 0.1) is 18.3 Å². The third-order valence-electron chi connectivity index (χ3n) is 6.23. The van der Waals surface area contributed by atoms with E-state index in [1.54, 1.807) is 49.6 Å². The molecule has 2 heterocycles. The first-order chi connectivity index (χ1) is 17.7. The largest absolute Gasteiger partial charge is 0.390 e. The highest BCUT2D eigenvalue weighted by atomic mass is 35.5. The molecule has 2 unspecified atom stereocenters. The monoisotopic (exact) mass is 537 g/mol. The number of likely N-dealkylation sites (tertiary alicyclic amines) is 1. The minimum Gasteiger partial charge on any atom is -0.390 e. The maximum atomic E-state index is 14.4. The van der Waals surface area contributed by atoms with Gasteiger partial charge in [-0.3, -0.25) is 10.2 Å². The van der Waals surface area contributed by atoms with Crippen molar-refractivity contribution in [3.63, 3.8) is 0 Å². The van der Waals surface area contributed by atoms with Gasteiger partial charge in [0.25, 0.3) is 0 Å². The average molecular weight is 538 g/mol.